The van der Waals surface area contributed by atoms with Crippen molar-refractivity contribution in [3.63, 3.8) is 0 Å². The Morgan fingerprint density at radius 3 is 2.48 bits per heavy atom. The Labute approximate surface area is 151 Å². The largest absolute Gasteiger partial charge is 0.496 e. The van der Waals surface area contributed by atoms with Crippen LogP contribution in [0.5, 0.6) is 5.75 Å². The van der Waals surface area contributed by atoms with Crippen LogP contribution in [0.1, 0.15) is 18.1 Å². The van der Waals surface area contributed by atoms with Crippen molar-refractivity contribution in [1.82, 2.24) is 5.32 Å². The lowest BCUT2D eigenvalue weighted by Gasteiger charge is -2.15. The normalized spacial score (nSPS) is 11.6. The van der Waals surface area contributed by atoms with Crippen LogP contribution in [0.25, 0.3) is 0 Å². The van der Waals surface area contributed by atoms with Crippen LogP contribution in [0.2, 0.25) is 0 Å². The summed E-state index contributed by atoms with van der Waals surface area (Å²) >= 11 is 1.66. The average molecular weight is 359 g/mol. The van der Waals surface area contributed by atoms with Crippen molar-refractivity contribution in [1.29, 1.82) is 0 Å². The Bertz CT molecular complexity index is 733. The predicted octanol–water partition coefficient (Wildman–Crippen LogP) is 3.12. The molecule has 1 unspecified atom stereocenters. The molecule has 0 saturated heterocycles. The second kappa shape index (κ2) is 9.13. The fourth-order valence-electron chi connectivity index (χ4n) is 2.37. The smallest absolute Gasteiger partial charge is 0.326 e. The minimum absolute atomic E-state index is 0.203. The van der Waals surface area contributed by atoms with E-state index in [1.54, 1.807) is 18.9 Å². The number of benzene rings is 2. The second-order valence-corrected chi connectivity index (χ2v) is 6.57. The van der Waals surface area contributed by atoms with Gasteiger partial charge in [0.25, 0.3) is 0 Å². The SMILES string of the molecule is COc1cc(CC(NC(C)=O)C(=O)O)ccc1SCc1ccccc1. The Morgan fingerprint density at radius 2 is 1.88 bits per heavy atom. The highest BCUT2D eigenvalue weighted by Gasteiger charge is 2.19. The molecule has 0 aliphatic rings. The van der Waals surface area contributed by atoms with Crippen molar-refractivity contribution < 1.29 is 19.4 Å². The molecule has 0 saturated carbocycles. The molecule has 25 heavy (non-hydrogen) atoms. The molecule has 2 aromatic carbocycles. The Kier molecular flexibility index (Phi) is 6.89. The summed E-state index contributed by atoms with van der Waals surface area (Å²) in [5, 5.41) is 11.7. The maximum Gasteiger partial charge on any atom is 0.326 e. The van der Waals surface area contributed by atoms with E-state index in [-0.39, 0.29) is 12.3 Å². The molecule has 0 aliphatic heterocycles. The monoisotopic (exact) mass is 359 g/mol. The number of carboxylic acid groups (broad SMARTS) is 1. The van der Waals surface area contributed by atoms with E-state index in [0.717, 1.165) is 16.2 Å². The summed E-state index contributed by atoms with van der Waals surface area (Å²) < 4.78 is 5.44. The molecular weight excluding hydrogens is 338 g/mol. The molecule has 2 N–H and O–H groups in total. The number of aliphatic carboxylic acids is 1. The summed E-state index contributed by atoms with van der Waals surface area (Å²) in [6, 6.07) is 14.8. The van der Waals surface area contributed by atoms with Gasteiger partial charge in [0.2, 0.25) is 5.91 Å². The van der Waals surface area contributed by atoms with E-state index in [9.17, 15) is 14.7 Å². The molecule has 5 nitrogen and oxygen atoms in total. The molecule has 0 spiro atoms. The maximum absolute atomic E-state index is 11.3. The summed E-state index contributed by atoms with van der Waals surface area (Å²) in [6.45, 7) is 1.31. The van der Waals surface area contributed by atoms with E-state index in [4.69, 9.17) is 4.74 Å². The van der Waals surface area contributed by atoms with Gasteiger partial charge in [0.15, 0.2) is 0 Å². The molecule has 0 bridgehead atoms. The molecule has 132 valence electrons. The van der Waals surface area contributed by atoms with Crippen LogP contribution in [-0.2, 0) is 21.8 Å². The Morgan fingerprint density at radius 1 is 1.16 bits per heavy atom. The van der Waals surface area contributed by atoms with Gasteiger partial charge in [-0.15, -0.1) is 11.8 Å². The van der Waals surface area contributed by atoms with Gasteiger partial charge in [0.1, 0.15) is 11.8 Å². The molecular formula is C19H21NO4S. The van der Waals surface area contributed by atoms with E-state index < -0.39 is 12.0 Å². The Hall–Kier alpha value is -2.47. The molecule has 0 aliphatic carbocycles. The third-order valence-corrected chi connectivity index (χ3v) is 4.71. The van der Waals surface area contributed by atoms with E-state index >= 15 is 0 Å². The number of carbonyl (C=O) groups excluding carboxylic acids is 1. The molecule has 1 atom stereocenters. The first-order valence-corrected chi connectivity index (χ1v) is 8.81. The minimum atomic E-state index is -1.06. The van der Waals surface area contributed by atoms with Crippen molar-refractivity contribution >= 4 is 23.6 Å². The molecule has 2 rings (SSSR count). The number of carboxylic acids is 1. The highest BCUT2D eigenvalue weighted by molar-refractivity contribution is 7.98. The quantitative estimate of drug-likeness (QED) is 0.708. The number of rotatable bonds is 8. The fourth-order valence-corrected chi connectivity index (χ4v) is 3.34. The predicted molar refractivity (Wildman–Crippen MR) is 97.9 cm³/mol. The van der Waals surface area contributed by atoms with Crippen molar-refractivity contribution in [2.75, 3.05) is 7.11 Å². The summed E-state index contributed by atoms with van der Waals surface area (Å²) in [5.74, 6) is 0.0942. The number of methoxy groups -OCH3 is 1. The highest BCUT2D eigenvalue weighted by Crippen LogP contribution is 2.32. The number of thioether (sulfide) groups is 1. The minimum Gasteiger partial charge on any atom is -0.496 e. The zero-order chi connectivity index (χ0) is 18.2. The number of carbonyl (C=O) groups is 2. The van der Waals surface area contributed by atoms with Crippen molar-refractivity contribution in [2.24, 2.45) is 0 Å². The average Bonchev–Trinajstić information content (AvgIpc) is 2.60. The van der Waals surface area contributed by atoms with Crippen LogP contribution in [-0.4, -0.2) is 30.1 Å². The summed E-state index contributed by atoms with van der Waals surface area (Å²) in [5.41, 5.74) is 2.01. The van der Waals surface area contributed by atoms with Gasteiger partial charge in [-0.2, -0.15) is 0 Å². The zero-order valence-electron chi connectivity index (χ0n) is 14.2. The van der Waals surface area contributed by atoms with Gasteiger partial charge in [-0.3, -0.25) is 4.79 Å². The third kappa shape index (κ3) is 5.83. The molecule has 2 aromatic rings. The van der Waals surface area contributed by atoms with Crippen molar-refractivity contribution in [3.05, 3.63) is 59.7 Å². The second-order valence-electron chi connectivity index (χ2n) is 5.55. The van der Waals surface area contributed by atoms with E-state index in [0.29, 0.717) is 5.75 Å². The molecule has 1 amide bonds. The lowest BCUT2D eigenvalue weighted by atomic mass is 10.1. The first kappa shape index (κ1) is 18.9. The lowest BCUT2D eigenvalue weighted by Crippen LogP contribution is -2.41. The number of amides is 1. The first-order chi connectivity index (χ1) is 12.0. The standard InChI is InChI=1S/C19H21NO4S/c1-13(21)20-16(19(22)23)10-15-8-9-18(17(11-15)24-2)25-12-14-6-4-3-5-7-14/h3-9,11,16H,10,12H2,1-2H3,(H,20,21)(H,22,23). The fraction of sp³-hybridized carbons (Fsp3) is 0.263. The van der Waals surface area contributed by atoms with E-state index in [1.165, 1.54) is 12.5 Å². The van der Waals surface area contributed by atoms with Crippen LogP contribution in [0.3, 0.4) is 0 Å². The molecule has 6 heteroatoms. The maximum atomic E-state index is 11.3. The number of hydrogen-bond acceptors (Lipinski definition) is 4. The summed E-state index contributed by atoms with van der Waals surface area (Å²) in [4.78, 5) is 23.4. The molecule has 0 heterocycles. The van der Waals surface area contributed by atoms with Gasteiger partial charge in [-0.1, -0.05) is 36.4 Å². The zero-order valence-corrected chi connectivity index (χ0v) is 15.0. The summed E-state index contributed by atoms with van der Waals surface area (Å²) in [6.07, 6.45) is 0.203. The van der Waals surface area contributed by atoms with Crippen LogP contribution in [0.15, 0.2) is 53.4 Å². The van der Waals surface area contributed by atoms with E-state index in [1.807, 2.05) is 36.4 Å². The number of nitrogens with one attached hydrogen (secondary N) is 1. The van der Waals surface area contributed by atoms with Gasteiger partial charge in [0, 0.05) is 24.0 Å². The molecule has 0 radical (unpaired) electrons. The van der Waals surface area contributed by atoms with Gasteiger partial charge < -0.3 is 15.2 Å². The summed E-state index contributed by atoms with van der Waals surface area (Å²) in [7, 11) is 1.59. The van der Waals surface area contributed by atoms with Crippen LogP contribution in [0, 0.1) is 0 Å². The van der Waals surface area contributed by atoms with E-state index in [2.05, 4.69) is 17.4 Å². The topological polar surface area (TPSA) is 75.6 Å². The van der Waals surface area contributed by atoms with Gasteiger partial charge in [0.05, 0.1) is 7.11 Å². The van der Waals surface area contributed by atoms with Gasteiger partial charge >= 0.3 is 5.97 Å². The highest BCUT2D eigenvalue weighted by atomic mass is 32.2. The number of ether oxygens (including phenoxy) is 1. The molecule has 0 fully saturated rings. The Balaban J connectivity index is 2.09. The van der Waals surface area contributed by atoms with Gasteiger partial charge in [-0.05, 0) is 23.3 Å². The first-order valence-electron chi connectivity index (χ1n) is 7.83. The third-order valence-electron chi connectivity index (χ3n) is 3.58. The van der Waals surface area contributed by atoms with Gasteiger partial charge in [-0.25, -0.2) is 4.79 Å². The van der Waals surface area contributed by atoms with Crippen LogP contribution < -0.4 is 10.1 Å². The van der Waals surface area contributed by atoms with Crippen LogP contribution >= 0.6 is 11.8 Å². The lowest BCUT2D eigenvalue weighted by molar-refractivity contribution is -0.141. The molecule has 0 aromatic heterocycles. The number of hydrogen-bond donors (Lipinski definition) is 2. The van der Waals surface area contributed by atoms with Crippen molar-refractivity contribution in [3.8, 4) is 5.75 Å². The van der Waals surface area contributed by atoms with Crippen molar-refractivity contribution in [2.45, 2.75) is 30.0 Å². The van der Waals surface area contributed by atoms with Crippen LogP contribution in [0.4, 0.5) is 0 Å².